The molecule has 0 fully saturated rings. The molecule has 0 saturated heterocycles. The third-order valence-corrected chi connectivity index (χ3v) is 0. The topological polar surface area (TPSA) is 0 Å². The van der Waals surface area contributed by atoms with E-state index in [2.05, 4.69) is 118 Å². The fourth-order valence-electron chi connectivity index (χ4n) is 0. The standard InChI is InChI=1S/6HI.Ir/h6*1H;/q;;;;;;+6/p-6. The normalized spacial score (nSPS) is 23.1. The molecule has 0 nitrogen and oxygen atoms in total. The summed E-state index contributed by atoms with van der Waals surface area (Å²) in [6.45, 7) is 0. The van der Waals surface area contributed by atoms with Crippen LogP contribution in [-0.4, -0.2) is 0 Å². The van der Waals surface area contributed by atoms with Crippen molar-refractivity contribution < 1.29 is -8.61 Å². The first-order chi connectivity index (χ1) is 2.45. The van der Waals surface area contributed by atoms with Gasteiger partial charge in [-0.15, -0.1) is 0 Å². The van der Waals surface area contributed by atoms with Crippen molar-refractivity contribution in [1.29, 1.82) is 0 Å². The molecule has 0 amide bonds. The molecule has 0 aromatic rings. The Morgan fingerprint density at radius 1 is 0.571 bits per heavy atom. The fourth-order valence-corrected chi connectivity index (χ4v) is 0. The monoisotopic (exact) mass is 954 g/mol. The van der Waals surface area contributed by atoms with Gasteiger partial charge in [-0.1, -0.05) is 0 Å². The molecule has 0 aromatic heterocycles. The maximum absolute atomic E-state index is 2.57. The van der Waals surface area contributed by atoms with E-state index in [1.807, 2.05) is 0 Å². The first kappa shape index (κ1) is 12.0. The second kappa shape index (κ2) is 2.77. The van der Waals surface area contributed by atoms with Crippen molar-refractivity contribution in [3.63, 3.8) is 0 Å². The van der Waals surface area contributed by atoms with Crippen LogP contribution in [0.5, 0.6) is 0 Å². The summed E-state index contributed by atoms with van der Waals surface area (Å²) < 4.78 is -2.35. The third kappa shape index (κ3) is 35.5. The molecule has 0 radical (unpaired) electrons. The zero-order valence-electron chi connectivity index (χ0n) is 2.60. The molecular formula is I6Ir. The molecule has 0 aromatic carbocycles. The van der Waals surface area contributed by atoms with Crippen LogP contribution in [0.1, 0.15) is 0 Å². The summed E-state index contributed by atoms with van der Waals surface area (Å²) in [5.41, 5.74) is 0. The fraction of sp³-hybridized carbons (Fsp3) is 0. The molecule has 0 spiro atoms. The van der Waals surface area contributed by atoms with Gasteiger partial charge in [-0.2, -0.15) is 0 Å². The van der Waals surface area contributed by atoms with E-state index in [1.165, 1.54) is 0 Å². The van der Waals surface area contributed by atoms with Crippen LogP contribution in [0.25, 0.3) is 0 Å². The molecule has 0 heterocycles. The van der Waals surface area contributed by atoms with Gasteiger partial charge < -0.3 is 0 Å². The summed E-state index contributed by atoms with van der Waals surface area (Å²) >= 11 is 15.4. The predicted molar refractivity (Wildman–Crippen MR) is 84.1 cm³/mol. The number of halogens is 6. The van der Waals surface area contributed by atoms with Crippen molar-refractivity contribution in [3.8, 4) is 0 Å². The summed E-state index contributed by atoms with van der Waals surface area (Å²) in [6, 6.07) is 0. The summed E-state index contributed by atoms with van der Waals surface area (Å²) in [5.74, 6) is 0. The van der Waals surface area contributed by atoms with Gasteiger partial charge in [0, 0.05) is 0 Å². The average Bonchev–Trinajstić information content (AvgIpc) is 0.592. The van der Waals surface area contributed by atoms with Gasteiger partial charge in [-0.05, 0) is 0 Å². The van der Waals surface area contributed by atoms with Crippen LogP contribution < -0.4 is 0 Å². The van der Waals surface area contributed by atoms with E-state index < -0.39 is -8.61 Å². The van der Waals surface area contributed by atoms with Crippen LogP contribution in [-0.2, 0) is -8.61 Å². The van der Waals surface area contributed by atoms with Gasteiger partial charge in [-0.3, -0.25) is 0 Å². The van der Waals surface area contributed by atoms with E-state index in [0.717, 1.165) is 0 Å². The summed E-state index contributed by atoms with van der Waals surface area (Å²) in [4.78, 5) is 0. The molecule has 51 valence electrons. The van der Waals surface area contributed by atoms with Crippen molar-refractivity contribution in [1.82, 2.24) is 0 Å². The zero-order valence-corrected chi connectivity index (χ0v) is 17.9. The van der Waals surface area contributed by atoms with E-state index >= 15 is 0 Å². The van der Waals surface area contributed by atoms with Gasteiger partial charge in [0.25, 0.3) is 0 Å². The summed E-state index contributed by atoms with van der Waals surface area (Å²) in [5, 5.41) is 0. The molecular weight excluding hydrogens is 954 g/mol. The van der Waals surface area contributed by atoms with E-state index in [1.54, 1.807) is 0 Å². The minimum atomic E-state index is -2.35. The quantitative estimate of drug-likeness (QED) is 0.290. The van der Waals surface area contributed by atoms with Crippen LogP contribution >= 0.6 is 118 Å². The Labute approximate surface area is 105 Å². The number of hydrogen-bond acceptors (Lipinski definition) is 0. The van der Waals surface area contributed by atoms with Crippen LogP contribution in [0, 0.1) is 0 Å². The first-order valence-electron chi connectivity index (χ1n) is 0.756. The van der Waals surface area contributed by atoms with Crippen molar-refractivity contribution in [2.24, 2.45) is 0 Å². The van der Waals surface area contributed by atoms with Crippen LogP contribution in [0.3, 0.4) is 0 Å². The molecule has 0 aliphatic rings. The molecule has 0 aliphatic carbocycles. The third-order valence-electron chi connectivity index (χ3n) is 0. The molecule has 0 bridgehead atoms. The van der Waals surface area contributed by atoms with Gasteiger partial charge in [-0.25, -0.2) is 0 Å². The molecule has 0 saturated carbocycles. The van der Waals surface area contributed by atoms with Gasteiger partial charge in [0.05, 0.1) is 0 Å². The van der Waals surface area contributed by atoms with Crippen molar-refractivity contribution in [3.05, 3.63) is 0 Å². The zero-order chi connectivity index (χ0) is 6.41. The first-order valence-corrected chi connectivity index (χ1v) is 41.5. The molecule has 0 atom stereocenters. The molecule has 0 N–H and O–H groups in total. The van der Waals surface area contributed by atoms with Gasteiger partial charge in [0.15, 0.2) is 0 Å². The second-order valence-corrected chi connectivity index (χ2v) is 263. The summed E-state index contributed by atoms with van der Waals surface area (Å²) in [6.07, 6.45) is 0. The molecule has 7 heavy (non-hydrogen) atoms. The predicted octanol–water partition coefficient (Wildman–Crippen LogP) is 5.31. The molecule has 0 unspecified atom stereocenters. The maximum atomic E-state index is 2.57. The van der Waals surface area contributed by atoms with Crippen LogP contribution in [0.2, 0.25) is 0 Å². The molecule has 7 heteroatoms. The van der Waals surface area contributed by atoms with E-state index in [9.17, 15) is 0 Å². The van der Waals surface area contributed by atoms with E-state index in [0.29, 0.717) is 0 Å². The average molecular weight is 954 g/mol. The molecule has 0 aliphatic heterocycles. The second-order valence-electron chi connectivity index (χ2n) is 0.714. The number of rotatable bonds is 0. The van der Waals surface area contributed by atoms with Crippen molar-refractivity contribution in [2.45, 2.75) is 0 Å². The van der Waals surface area contributed by atoms with Crippen molar-refractivity contribution >= 4 is 118 Å². The minimum absolute atomic E-state index is 2.35. The van der Waals surface area contributed by atoms with E-state index in [4.69, 9.17) is 0 Å². The Balaban J connectivity index is 4.43. The van der Waals surface area contributed by atoms with Crippen LogP contribution in [0.15, 0.2) is 0 Å². The van der Waals surface area contributed by atoms with Gasteiger partial charge in [0.1, 0.15) is 0 Å². The Bertz CT molecular complexity index is 62.7. The van der Waals surface area contributed by atoms with Gasteiger partial charge in [0.2, 0.25) is 0 Å². The Kier molecular flexibility index (Phi) is 4.75. The number of hydrogen-bond donors (Lipinski definition) is 0. The SMILES string of the molecule is [I][Ir]([I])([I])([I])([I])[I]. The van der Waals surface area contributed by atoms with Crippen molar-refractivity contribution in [2.75, 3.05) is 0 Å². The Morgan fingerprint density at radius 3 is 0.571 bits per heavy atom. The Morgan fingerprint density at radius 2 is 0.571 bits per heavy atom. The molecule has 0 rings (SSSR count). The van der Waals surface area contributed by atoms with Gasteiger partial charge >= 0.3 is 109 Å². The van der Waals surface area contributed by atoms with Crippen LogP contribution in [0.4, 0.5) is 0 Å². The van der Waals surface area contributed by atoms with E-state index in [-0.39, 0.29) is 0 Å². The summed E-state index contributed by atoms with van der Waals surface area (Å²) in [7, 11) is 0. The Hall–Kier alpha value is 5.03.